The van der Waals surface area contributed by atoms with Crippen molar-refractivity contribution in [3.05, 3.63) is 84.2 Å². The highest BCUT2D eigenvalue weighted by Crippen LogP contribution is 2.30. The minimum absolute atomic E-state index is 0.0772. The number of carbonyl (C=O) groups excluding carboxylic acids is 1. The number of carbonyl (C=O) groups is 1. The molecule has 0 aromatic heterocycles. The fraction of sp³-hybridized carbons (Fsp3) is 0.136. The molecule has 174 valence electrons. The van der Waals surface area contributed by atoms with Crippen LogP contribution in [0.2, 0.25) is 0 Å². The Bertz CT molecular complexity index is 1210. The number of rotatable bonds is 7. The lowest BCUT2D eigenvalue weighted by molar-refractivity contribution is -0.137. The number of alkyl halides is 3. The summed E-state index contributed by atoms with van der Waals surface area (Å²) in [6.07, 6.45) is -4.47. The molecule has 1 N–H and O–H groups in total. The summed E-state index contributed by atoms with van der Waals surface area (Å²) in [5.41, 5.74) is -0.344. The van der Waals surface area contributed by atoms with Gasteiger partial charge < -0.3 is 10.1 Å². The standard InChI is InChI=1S/C22H18F4N2O4S/c1-28(33(30,31)20-12-4-16(23)5-13-20)18-8-10-19(11-9-18)32-14-21(29)27-17-6-2-15(3-7-17)22(24,25)26/h2-13H,14H2,1H3,(H,27,29). The first-order chi connectivity index (χ1) is 15.5. The van der Waals surface area contributed by atoms with Crippen molar-refractivity contribution in [3.8, 4) is 5.75 Å². The van der Waals surface area contributed by atoms with Crippen LogP contribution in [-0.4, -0.2) is 28.0 Å². The van der Waals surface area contributed by atoms with Crippen molar-refractivity contribution in [3.63, 3.8) is 0 Å². The molecule has 33 heavy (non-hydrogen) atoms. The number of hydrogen-bond acceptors (Lipinski definition) is 4. The Kier molecular flexibility index (Phi) is 6.92. The molecule has 0 aliphatic heterocycles. The van der Waals surface area contributed by atoms with Gasteiger partial charge in [-0.05, 0) is 72.8 Å². The quantitative estimate of drug-likeness (QED) is 0.496. The van der Waals surface area contributed by atoms with Gasteiger partial charge in [-0.2, -0.15) is 13.2 Å². The van der Waals surface area contributed by atoms with E-state index in [9.17, 15) is 30.8 Å². The van der Waals surface area contributed by atoms with Crippen molar-refractivity contribution in [2.75, 3.05) is 23.3 Å². The Hall–Kier alpha value is -3.60. The topological polar surface area (TPSA) is 75.7 Å². The van der Waals surface area contributed by atoms with Crippen LogP contribution in [0.1, 0.15) is 5.56 Å². The van der Waals surface area contributed by atoms with Gasteiger partial charge in [0.15, 0.2) is 6.61 Å². The number of halogens is 4. The zero-order valence-corrected chi connectivity index (χ0v) is 18.0. The Balaban J connectivity index is 1.58. The van der Waals surface area contributed by atoms with Crippen LogP contribution in [0.25, 0.3) is 0 Å². The highest BCUT2D eigenvalue weighted by atomic mass is 32.2. The lowest BCUT2D eigenvalue weighted by atomic mass is 10.2. The molecule has 0 saturated carbocycles. The van der Waals surface area contributed by atoms with Gasteiger partial charge in [-0.25, -0.2) is 12.8 Å². The molecule has 11 heteroatoms. The summed E-state index contributed by atoms with van der Waals surface area (Å²) in [7, 11) is -2.56. The van der Waals surface area contributed by atoms with Crippen LogP contribution in [0.4, 0.5) is 28.9 Å². The summed E-state index contributed by atoms with van der Waals surface area (Å²) in [6.45, 7) is -0.413. The van der Waals surface area contributed by atoms with Crippen LogP contribution >= 0.6 is 0 Å². The molecule has 3 aromatic carbocycles. The van der Waals surface area contributed by atoms with Crippen molar-refractivity contribution in [2.45, 2.75) is 11.1 Å². The van der Waals surface area contributed by atoms with Gasteiger partial charge in [0, 0.05) is 12.7 Å². The lowest BCUT2D eigenvalue weighted by Gasteiger charge is -2.20. The number of amides is 1. The number of sulfonamides is 1. The Labute approximate surface area is 187 Å². The first-order valence-corrected chi connectivity index (χ1v) is 10.9. The van der Waals surface area contributed by atoms with E-state index in [0.717, 1.165) is 52.8 Å². The van der Waals surface area contributed by atoms with E-state index < -0.39 is 40.1 Å². The zero-order chi connectivity index (χ0) is 24.2. The summed E-state index contributed by atoms with van der Waals surface area (Å²) in [5, 5.41) is 2.42. The maximum atomic E-state index is 13.1. The molecule has 1 amide bonds. The van der Waals surface area contributed by atoms with Crippen LogP contribution in [0, 0.1) is 5.82 Å². The molecule has 0 aliphatic carbocycles. The third-order valence-electron chi connectivity index (χ3n) is 4.54. The van der Waals surface area contributed by atoms with Gasteiger partial charge in [-0.3, -0.25) is 9.10 Å². The van der Waals surface area contributed by atoms with Crippen LogP contribution in [0.3, 0.4) is 0 Å². The number of ether oxygens (including phenoxy) is 1. The van der Waals surface area contributed by atoms with Crippen LogP contribution in [0.5, 0.6) is 5.75 Å². The van der Waals surface area contributed by atoms with Gasteiger partial charge in [0.25, 0.3) is 15.9 Å². The smallest absolute Gasteiger partial charge is 0.416 e. The minimum Gasteiger partial charge on any atom is -0.484 e. The molecule has 0 fully saturated rings. The Morgan fingerprint density at radius 2 is 1.52 bits per heavy atom. The average molecular weight is 482 g/mol. The molecule has 0 heterocycles. The molecule has 0 saturated heterocycles. The number of nitrogens with zero attached hydrogens (tertiary/aromatic N) is 1. The van der Waals surface area contributed by atoms with E-state index in [1.54, 1.807) is 0 Å². The van der Waals surface area contributed by atoms with Gasteiger partial charge in [-0.1, -0.05) is 0 Å². The third kappa shape index (κ3) is 6.01. The van der Waals surface area contributed by atoms with E-state index in [0.29, 0.717) is 5.69 Å². The molecular formula is C22H18F4N2O4S. The SMILES string of the molecule is CN(c1ccc(OCC(=O)Nc2ccc(C(F)(F)F)cc2)cc1)S(=O)(=O)c1ccc(F)cc1. The largest absolute Gasteiger partial charge is 0.484 e. The van der Waals surface area contributed by atoms with Crippen LogP contribution in [-0.2, 0) is 21.0 Å². The monoisotopic (exact) mass is 482 g/mol. The van der Waals surface area contributed by atoms with Crippen molar-refractivity contribution in [1.29, 1.82) is 0 Å². The fourth-order valence-electron chi connectivity index (χ4n) is 2.74. The normalized spacial score (nSPS) is 11.7. The van der Waals surface area contributed by atoms with Gasteiger partial charge in [0.1, 0.15) is 11.6 Å². The third-order valence-corrected chi connectivity index (χ3v) is 6.34. The second-order valence-electron chi connectivity index (χ2n) is 6.83. The summed E-state index contributed by atoms with van der Waals surface area (Å²) in [4.78, 5) is 11.9. The number of benzene rings is 3. The minimum atomic E-state index is -4.47. The average Bonchev–Trinajstić information content (AvgIpc) is 2.77. The number of hydrogen-bond donors (Lipinski definition) is 1. The number of nitrogens with one attached hydrogen (secondary N) is 1. The van der Waals surface area contributed by atoms with Crippen molar-refractivity contribution in [1.82, 2.24) is 0 Å². The van der Waals surface area contributed by atoms with Crippen molar-refractivity contribution in [2.24, 2.45) is 0 Å². The molecule has 0 bridgehead atoms. The van der Waals surface area contributed by atoms with E-state index in [-0.39, 0.29) is 16.3 Å². The van der Waals surface area contributed by atoms with Crippen LogP contribution < -0.4 is 14.4 Å². The van der Waals surface area contributed by atoms with Crippen molar-refractivity contribution < 1.29 is 35.5 Å². The van der Waals surface area contributed by atoms with E-state index in [2.05, 4.69) is 5.32 Å². The molecule has 3 aromatic rings. The Morgan fingerprint density at radius 1 is 0.939 bits per heavy atom. The van der Waals surface area contributed by atoms with E-state index >= 15 is 0 Å². The van der Waals surface area contributed by atoms with E-state index in [1.165, 1.54) is 31.3 Å². The molecule has 0 radical (unpaired) electrons. The lowest BCUT2D eigenvalue weighted by Crippen LogP contribution is -2.26. The highest BCUT2D eigenvalue weighted by molar-refractivity contribution is 7.92. The maximum absolute atomic E-state index is 13.1. The first-order valence-electron chi connectivity index (χ1n) is 9.41. The Morgan fingerprint density at radius 3 is 2.06 bits per heavy atom. The maximum Gasteiger partial charge on any atom is 0.416 e. The fourth-order valence-corrected chi connectivity index (χ4v) is 3.94. The van der Waals surface area contributed by atoms with Crippen molar-refractivity contribution >= 4 is 27.3 Å². The second-order valence-corrected chi connectivity index (χ2v) is 8.80. The van der Waals surface area contributed by atoms with Gasteiger partial charge >= 0.3 is 6.18 Å². The first kappa shape index (κ1) is 24.1. The summed E-state index contributed by atoms with van der Waals surface area (Å²) in [5.74, 6) is -0.871. The summed E-state index contributed by atoms with van der Waals surface area (Å²) in [6, 6.07) is 14.2. The molecule has 0 atom stereocenters. The predicted molar refractivity (Wildman–Crippen MR) is 114 cm³/mol. The molecule has 0 aliphatic rings. The second kappa shape index (κ2) is 9.49. The number of anilines is 2. The summed E-state index contributed by atoms with van der Waals surface area (Å²) >= 11 is 0. The van der Waals surface area contributed by atoms with Gasteiger partial charge in [0.2, 0.25) is 0 Å². The van der Waals surface area contributed by atoms with Gasteiger partial charge in [-0.15, -0.1) is 0 Å². The van der Waals surface area contributed by atoms with Gasteiger partial charge in [0.05, 0.1) is 16.1 Å². The highest BCUT2D eigenvalue weighted by Gasteiger charge is 2.30. The molecule has 3 rings (SSSR count). The summed E-state index contributed by atoms with van der Waals surface area (Å²) < 4.78 is 82.4. The molecular weight excluding hydrogens is 464 g/mol. The van der Waals surface area contributed by atoms with E-state index in [4.69, 9.17) is 4.74 Å². The molecule has 6 nitrogen and oxygen atoms in total. The predicted octanol–water partition coefficient (Wildman–Crippen LogP) is 4.69. The van der Waals surface area contributed by atoms with Crippen LogP contribution in [0.15, 0.2) is 77.7 Å². The van der Waals surface area contributed by atoms with E-state index in [1.807, 2.05) is 0 Å². The molecule has 0 unspecified atom stereocenters. The molecule has 0 spiro atoms. The zero-order valence-electron chi connectivity index (χ0n) is 17.1.